The zero-order valence-corrected chi connectivity index (χ0v) is 15.6. The van der Waals surface area contributed by atoms with E-state index in [1.165, 1.54) is 35.0 Å². The number of hydrogen-bond donors (Lipinski definition) is 2. The number of H-pyrrole nitrogens is 2. The standard InChI is InChI=1S/C20H16F2N6O2/c21-13-3-1-12(2-4-13)20(22)5-7-27(11-20)16-9-15(26-28-8-6-23-17(16)28)14-10-24-19(30)25-18(14)29/h1-4,6,8-10H,5,7,11H2,(H2,24,25,29,30). The van der Waals surface area contributed by atoms with Crippen LogP contribution in [0.15, 0.2) is 58.5 Å². The summed E-state index contributed by atoms with van der Waals surface area (Å²) in [4.78, 5) is 34.3. The van der Waals surface area contributed by atoms with Gasteiger partial charge in [0.2, 0.25) is 0 Å². The van der Waals surface area contributed by atoms with Gasteiger partial charge in [-0.25, -0.2) is 23.1 Å². The number of hydrogen-bond acceptors (Lipinski definition) is 5. The Morgan fingerprint density at radius 1 is 1.17 bits per heavy atom. The molecule has 1 aliphatic heterocycles. The summed E-state index contributed by atoms with van der Waals surface area (Å²) in [6.45, 7) is 0.453. The number of anilines is 1. The van der Waals surface area contributed by atoms with Crippen LogP contribution in [0, 0.1) is 5.82 Å². The lowest BCUT2D eigenvalue weighted by Gasteiger charge is -2.23. The van der Waals surface area contributed by atoms with Gasteiger partial charge in [-0.1, -0.05) is 12.1 Å². The molecule has 4 aromatic rings. The Morgan fingerprint density at radius 3 is 2.73 bits per heavy atom. The Morgan fingerprint density at radius 2 is 1.97 bits per heavy atom. The highest BCUT2D eigenvalue weighted by atomic mass is 19.1. The Bertz CT molecular complexity index is 1360. The molecule has 5 rings (SSSR count). The molecule has 0 bridgehead atoms. The summed E-state index contributed by atoms with van der Waals surface area (Å²) in [6, 6.07) is 7.07. The summed E-state index contributed by atoms with van der Waals surface area (Å²) in [6.07, 6.45) is 4.70. The number of imidazole rings is 1. The second-order valence-corrected chi connectivity index (χ2v) is 7.24. The highest BCUT2D eigenvalue weighted by Crippen LogP contribution is 2.39. The molecular formula is C20H16F2N6O2. The molecule has 8 nitrogen and oxygen atoms in total. The topological polar surface area (TPSA) is 99.2 Å². The normalized spacial score (nSPS) is 18.9. The third kappa shape index (κ3) is 2.97. The average molecular weight is 410 g/mol. The van der Waals surface area contributed by atoms with E-state index < -0.39 is 22.7 Å². The average Bonchev–Trinajstić information content (AvgIpc) is 3.35. The van der Waals surface area contributed by atoms with Gasteiger partial charge in [-0.05, 0) is 23.8 Å². The van der Waals surface area contributed by atoms with Crippen LogP contribution in [0.25, 0.3) is 16.9 Å². The molecule has 152 valence electrons. The van der Waals surface area contributed by atoms with Gasteiger partial charge < -0.3 is 9.88 Å². The minimum atomic E-state index is -1.64. The second kappa shape index (κ2) is 6.61. The number of nitrogens with zero attached hydrogens (tertiary/aromatic N) is 4. The molecule has 0 spiro atoms. The lowest BCUT2D eigenvalue weighted by molar-refractivity contribution is 0.196. The van der Waals surface area contributed by atoms with Crippen molar-refractivity contribution in [2.45, 2.75) is 12.1 Å². The minimum Gasteiger partial charge on any atom is -0.365 e. The number of halogens is 2. The van der Waals surface area contributed by atoms with Crippen molar-refractivity contribution in [1.82, 2.24) is 24.6 Å². The van der Waals surface area contributed by atoms with Gasteiger partial charge in [-0.3, -0.25) is 9.78 Å². The fraction of sp³-hybridized carbons (Fsp3) is 0.200. The van der Waals surface area contributed by atoms with Gasteiger partial charge in [0, 0.05) is 31.6 Å². The molecule has 1 fully saturated rings. The molecule has 0 aliphatic carbocycles. The van der Waals surface area contributed by atoms with Gasteiger partial charge in [-0.15, -0.1) is 0 Å². The van der Waals surface area contributed by atoms with Crippen molar-refractivity contribution in [3.05, 3.63) is 81.1 Å². The monoisotopic (exact) mass is 410 g/mol. The molecule has 1 saturated heterocycles. The Kier molecular flexibility index (Phi) is 4.02. The lowest BCUT2D eigenvalue weighted by atomic mass is 9.95. The van der Waals surface area contributed by atoms with Crippen molar-refractivity contribution in [2.24, 2.45) is 0 Å². The van der Waals surface area contributed by atoms with E-state index in [1.54, 1.807) is 18.5 Å². The van der Waals surface area contributed by atoms with Crippen molar-refractivity contribution < 1.29 is 8.78 Å². The summed E-state index contributed by atoms with van der Waals surface area (Å²) in [5.74, 6) is -0.416. The largest absolute Gasteiger partial charge is 0.365 e. The van der Waals surface area contributed by atoms with E-state index >= 15 is 4.39 Å². The number of fused-ring (bicyclic) bond motifs is 1. The maximum absolute atomic E-state index is 15.7. The smallest absolute Gasteiger partial charge is 0.325 e. The molecule has 30 heavy (non-hydrogen) atoms. The van der Waals surface area contributed by atoms with Gasteiger partial charge >= 0.3 is 5.69 Å². The van der Waals surface area contributed by atoms with Crippen LogP contribution in [0.4, 0.5) is 14.5 Å². The fourth-order valence-corrected chi connectivity index (χ4v) is 3.83. The summed E-state index contributed by atoms with van der Waals surface area (Å²) in [5.41, 5.74) is -0.812. The minimum absolute atomic E-state index is 0.0482. The van der Waals surface area contributed by atoms with E-state index in [-0.39, 0.29) is 18.5 Å². The molecule has 1 unspecified atom stereocenters. The second-order valence-electron chi connectivity index (χ2n) is 7.24. The Hall–Kier alpha value is -3.82. The van der Waals surface area contributed by atoms with E-state index in [0.29, 0.717) is 29.1 Å². The van der Waals surface area contributed by atoms with Crippen LogP contribution in [0.1, 0.15) is 12.0 Å². The molecule has 4 heterocycles. The van der Waals surface area contributed by atoms with Crippen molar-refractivity contribution in [1.29, 1.82) is 0 Å². The molecule has 1 atom stereocenters. The zero-order valence-electron chi connectivity index (χ0n) is 15.6. The van der Waals surface area contributed by atoms with Crippen molar-refractivity contribution in [3.63, 3.8) is 0 Å². The fourth-order valence-electron chi connectivity index (χ4n) is 3.83. The number of nitrogens with one attached hydrogen (secondary N) is 2. The van der Waals surface area contributed by atoms with E-state index in [0.717, 1.165) is 0 Å². The predicted octanol–water partition coefficient (Wildman–Crippen LogP) is 1.99. The summed E-state index contributed by atoms with van der Waals surface area (Å²) >= 11 is 0. The molecule has 0 amide bonds. The number of alkyl halides is 1. The molecule has 1 aliphatic rings. The summed E-state index contributed by atoms with van der Waals surface area (Å²) in [7, 11) is 0. The maximum Gasteiger partial charge on any atom is 0.325 e. The highest BCUT2D eigenvalue weighted by molar-refractivity contribution is 5.74. The Labute approximate surface area is 167 Å². The number of rotatable bonds is 3. The third-order valence-corrected chi connectivity index (χ3v) is 5.36. The van der Waals surface area contributed by atoms with Crippen LogP contribution in [-0.4, -0.2) is 37.7 Å². The van der Waals surface area contributed by atoms with Gasteiger partial charge in [0.15, 0.2) is 11.3 Å². The van der Waals surface area contributed by atoms with E-state index in [2.05, 4.69) is 20.1 Å². The van der Waals surface area contributed by atoms with E-state index in [1.807, 2.05) is 4.90 Å². The SMILES string of the molecule is O=c1[nH]cc(-c2cc(N3CCC(F)(c4ccc(F)cc4)C3)c3nccn3n2)c(=O)[nH]1. The van der Waals surface area contributed by atoms with E-state index in [4.69, 9.17) is 0 Å². The van der Waals surface area contributed by atoms with Crippen LogP contribution in [0.2, 0.25) is 0 Å². The zero-order chi connectivity index (χ0) is 20.9. The van der Waals surface area contributed by atoms with Crippen LogP contribution in [-0.2, 0) is 5.67 Å². The summed E-state index contributed by atoms with van der Waals surface area (Å²) < 4.78 is 30.4. The van der Waals surface area contributed by atoms with Gasteiger partial charge in [0.25, 0.3) is 5.56 Å². The quantitative estimate of drug-likeness (QED) is 0.538. The van der Waals surface area contributed by atoms with E-state index in [9.17, 15) is 14.0 Å². The number of benzene rings is 1. The van der Waals surface area contributed by atoms with Crippen LogP contribution in [0.5, 0.6) is 0 Å². The first-order chi connectivity index (χ1) is 14.4. The number of aromatic nitrogens is 5. The first-order valence-electron chi connectivity index (χ1n) is 9.30. The van der Waals surface area contributed by atoms with Crippen LogP contribution < -0.4 is 16.1 Å². The van der Waals surface area contributed by atoms with Crippen LogP contribution >= 0.6 is 0 Å². The molecule has 3 aromatic heterocycles. The van der Waals surface area contributed by atoms with Gasteiger partial charge in [-0.2, -0.15) is 5.10 Å². The number of aromatic amines is 2. The predicted molar refractivity (Wildman–Crippen MR) is 106 cm³/mol. The van der Waals surface area contributed by atoms with Gasteiger partial charge in [0.1, 0.15) is 11.5 Å². The van der Waals surface area contributed by atoms with Crippen LogP contribution in [0.3, 0.4) is 0 Å². The maximum atomic E-state index is 15.7. The molecule has 0 saturated carbocycles. The molecule has 2 N–H and O–H groups in total. The lowest BCUT2D eigenvalue weighted by Crippen LogP contribution is -2.28. The molecule has 0 radical (unpaired) electrons. The first-order valence-corrected chi connectivity index (χ1v) is 9.30. The van der Waals surface area contributed by atoms with Crippen molar-refractivity contribution >= 4 is 11.3 Å². The molecule has 1 aromatic carbocycles. The molecule has 10 heteroatoms. The third-order valence-electron chi connectivity index (χ3n) is 5.36. The molecular weight excluding hydrogens is 394 g/mol. The van der Waals surface area contributed by atoms with Crippen molar-refractivity contribution in [3.8, 4) is 11.3 Å². The summed E-state index contributed by atoms with van der Waals surface area (Å²) in [5, 5.41) is 4.38. The Balaban J connectivity index is 1.57. The highest BCUT2D eigenvalue weighted by Gasteiger charge is 2.41. The van der Waals surface area contributed by atoms with Crippen molar-refractivity contribution in [2.75, 3.05) is 18.0 Å². The van der Waals surface area contributed by atoms with Gasteiger partial charge in [0.05, 0.1) is 17.8 Å². The first kappa shape index (κ1) is 18.2.